The monoisotopic (exact) mass is 308 g/mol. The van der Waals surface area contributed by atoms with E-state index < -0.39 is 0 Å². The van der Waals surface area contributed by atoms with Gasteiger partial charge in [-0.1, -0.05) is 24.3 Å². The second kappa shape index (κ2) is 7.09. The molecule has 0 atom stereocenters. The van der Waals surface area contributed by atoms with E-state index in [1.807, 2.05) is 12.2 Å². The first-order valence-corrected chi connectivity index (χ1v) is 8.00. The van der Waals surface area contributed by atoms with E-state index in [-0.39, 0.29) is 10.6 Å². The van der Waals surface area contributed by atoms with Crippen LogP contribution >= 0.6 is 0 Å². The second-order valence-electron chi connectivity index (χ2n) is 5.82. The van der Waals surface area contributed by atoms with Crippen molar-refractivity contribution in [2.75, 3.05) is 18.0 Å². The number of anilines is 1. The van der Waals surface area contributed by atoms with Gasteiger partial charge in [0.25, 0.3) is 5.69 Å². The molecule has 23 heavy (non-hydrogen) atoms. The van der Waals surface area contributed by atoms with Crippen molar-refractivity contribution >= 4 is 23.5 Å². The van der Waals surface area contributed by atoms with E-state index in [1.54, 1.807) is 12.1 Å². The van der Waals surface area contributed by atoms with Crippen LogP contribution in [-0.4, -0.2) is 18.0 Å². The Morgan fingerprint density at radius 3 is 1.87 bits per heavy atom. The topological polar surface area (TPSA) is 46.4 Å². The lowest BCUT2D eigenvalue weighted by molar-refractivity contribution is -0.384. The maximum absolute atomic E-state index is 10.6. The van der Waals surface area contributed by atoms with Gasteiger partial charge in [0.05, 0.1) is 4.92 Å². The molecule has 0 amide bonds. The van der Waals surface area contributed by atoms with Crippen LogP contribution in [0.2, 0.25) is 0 Å². The van der Waals surface area contributed by atoms with Crippen molar-refractivity contribution in [3.05, 3.63) is 69.8 Å². The van der Waals surface area contributed by atoms with Crippen LogP contribution in [0.25, 0.3) is 12.2 Å². The van der Waals surface area contributed by atoms with Gasteiger partial charge < -0.3 is 4.90 Å². The van der Waals surface area contributed by atoms with Gasteiger partial charge >= 0.3 is 0 Å². The fraction of sp³-hybridized carbons (Fsp3) is 0.263. The third kappa shape index (κ3) is 3.97. The molecular weight excluding hydrogens is 288 g/mol. The molecule has 4 heteroatoms. The van der Waals surface area contributed by atoms with Crippen LogP contribution in [0.15, 0.2) is 48.5 Å². The van der Waals surface area contributed by atoms with Crippen molar-refractivity contribution in [3.63, 3.8) is 0 Å². The van der Waals surface area contributed by atoms with Gasteiger partial charge in [0.1, 0.15) is 0 Å². The van der Waals surface area contributed by atoms with Crippen molar-refractivity contribution in [2.24, 2.45) is 0 Å². The van der Waals surface area contributed by atoms with Crippen molar-refractivity contribution in [2.45, 2.75) is 19.3 Å². The summed E-state index contributed by atoms with van der Waals surface area (Å²) < 4.78 is 0. The summed E-state index contributed by atoms with van der Waals surface area (Å²) in [6, 6.07) is 15.1. The van der Waals surface area contributed by atoms with E-state index in [9.17, 15) is 10.1 Å². The molecule has 2 aromatic carbocycles. The molecule has 0 saturated carbocycles. The molecule has 0 aliphatic carbocycles. The number of nitro benzene ring substituents is 1. The first-order chi connectivity index (χ1) is 11.2. The molecule has 2 aromatic rings. The van der Waals surface area contributed by atoms with Crippen LogP contribution in [0.3, 0.4) is 0 Å². The quantitative estimate of drug-likeness (QED) is 0.465. The number of hydrogen-bond acceptors (Lipinski definition) is 3. The highest BCUT2D eigenvalue weighted by molar-refractivity contribution is 5.71. The Balaban J connectivity index is 1.66. The number of benzene rings is 2. The number of nitro groups is 1. The van der Waals surface area contributed by atoms with E-state index in [4.69, 9.17) is 0 Å². The summed E-state index contributed by atoms with van der Waals surface area (Å²) in [4.78, 5) is 12.7. The minimum absolute atomic E-state index is 0.119. The summed E-state index contributed by atoms with van der Waals surface area (Å²) in [5.41, 5.74) is 3.49. The molecule has 1 fully saturated rings. The zero-order chi connectivity index (χ0) is 16.1. The maximum Gasteiger partial charge on any atom is 0.269 e. The highest BCUT2D eigenvalue weighted by Gasteiger charge is 2.10. The van der Waals surface area contributed by atoms with Crippen molar-refractivity contribution < 1.29 is 4.92 Å². The van der Waals surface area contributed by atoms with Gasteiger partial charge in [-0.05, 0) is 54.7 Å². The fourth-order valence-corrected chi connectivity index (χ4v) is 2.85. The van der Waals surface area contributed by atoms with E-state index in [0.717, 1.165) is 24.2 Å². The first kappa shape index (κ1) is 15.3. The summed E-state index contributed by atoms with van der Waals surface area (Å²) in [7, 11) is 0. The van der Waals surface area contributed by atoms with Gasteiger partial charge in [-0.25, -0.2) is 0 Å². The maximum atomic E-state index is 10.6. The number of nitrogens with zero attached hydrogens (tertiary/aromatic N) is 2. The summed E-state index contributed by atoms with van der Waals surface area (Å²) in [5, 5.41) is 10.6. The summed E-state index contributed by atoms with van der Waals surface area (Å²) in [5.74, 6) is 0. The van der Waals surface area contributed by atoms with Crippen LogP contribution in [0.4, 0.5) is 11.4 Å². The molecule has 0 aromatic heterocycles. The van der Waals surface area contributed by atoms with E-state index in [1.165, 1.54) is 37.1 Å². The highest BCUT2D eigenvalue weighted by atomic mass is 16.6. The zero-order valence-electron chi connectivity index (χ0n) is 13.0. The Labute approximate surface area is 136 Å². The first-order valence-electron chi connectivity index (χ1n) is 8.00. The minimum Gasteiger partial charge on any atom is -0.372 e. The Hall–Kier alpha value is -2.62. The predicted octanol–water partition coefficient (Wildman–Crippen LogP) is 4.76. The normalized spacial score (nSPS) is 15.0. The van der Waals surface area contributed by atoms with Gasteiger partial charge in [-0.3, -0.25) is 10.1 Å². The van der Waals surface area contributed by atoms with Crippen LogP contribution in [0.5, 0.6) is 0 Å². The molecule has 0 unspecified atom stereocenters. The lowest BCUT2D eigenvalue weighted by atomic mass is 10.1. The number of piperidine rings is 1. The summed E-state index contributed by atoms with van der Waals surface area (Å²) in [6.45, 7) is 2.30. The molecule has 0 spiro atoms. The molecule has 1 saturated heterocycles. The summed E-state index contributed by atoms with van der Waals surface area (Å²) >= 11 is 0. The Morgan fingerprint density at radius 2 is 1.35 bits per heavy atom. The molecule has 3 rings (SSSR count). The van der Waals surface area contributed by atoms with Crippen LogP contribution in [0, 0.1) is 10.1 Å². The molecule has 1 aliphatic rings. The van der Waals surface area contributed by atoms with Crippen molar-refractivity contribution in [1.29, 1.82) is 0 Å². The van der Waals surface area contributed by atoms with Gasteiger partial charge in [0, 0.05) is 30.9 Å². The molecule has 0 N–H and O–H groups in total. The third-order valence-corrected chi connectivity index (χ3v) is 4.19. The Morgan fingerprint density at radius 1 is 0.826 bits per heavy atom. The standard InChI is InChI=1S/C19H20N2O2/c22-21(23)19-12-8-17(9-13-19)5-4-16-6-10-18(11-7-16)20-14-2-1-3-15-20/h4-13H,1-3,14-15H2. The number of non-ortho nitro benzene ring substituents is 1. The van der Waals surface area contributed by atoms with Crippen molar-refractivity contribution in [3.8, 4) is 0 Å². The number of rotatable bonds is 4. The molecular formula is C19H20N2O2. The average molecular weight is 308 g/mol. The zero-order valence-corrected chi connectivity index (χ0v) is 13.0. The van der Waals surface area contributed by atoms with E-state index >= 15 is 0 Å². The largest absolute Gasteiger partial charge is 0.372 e. The van der Waals surface area contributed by atoms with Crippen molar-refractivity contribution in [1.82, 2.24) is 0 Å². The van der Waals surface area contributed by atoms with Gasteiger partial charge in [0.2, 0.25) is 0 Å². The summed E-state index contributed by atoms with van der Waals surface area (Å²) in [6.07, 6.45) is 7.90. The third-order valence-electron chi connectivity index (χ3n) is 4.19. The fourth-order valence-electron chi connectivity index (χ4n) is 2.85. The Bertz CT molecular complexity index is 684. The SMILES string of the molecule is O=[N+]([O-])c1ccc(C=Cc2ccc(N3CCCCC3)cc2)cc1. The highest BCUT2D eigenvalue weighted by Crippen LogP contribution is 2.21. The van der Waals surface area contributed by atoms with Crippen LogP contribution in [-0.2, 0) is 0 Å². The van der Waals surface area contributed by atoms with Crippen LogP contribution < -0.4 is 4.90 Å². The Kier molecular flexibility index (Phi) is 4.71. The minimum atomic E-state index is -0.382. The van der Waals surface area contributed by atoms with E-state index in [2.05, 4.69) is 29.2 Å². The smallest absolute Gasteiger partial charge is 0.269 e. The predicted molar refractivity (Wildman–Crippen MR) is 94.5 cm³/mol. The molecule has 1 aliphatic heterocycles. The van der Waals surface area contributed by atoms with Gasteiger partial charge in [-0.15, -0.1) is 0 Å². The van der Waals surface area contributed by atoms with Gasteiger partial charge in [-0.2, -0.15) is 0 Å². The van der Waals surface area contributed by atoms with Crippen LogP contribution in [0.1, 0.15) is 30.4 Å². The lowest BCUT2D eigenvalue weighted by Crippen LogP contribution is -2.29. The molecule has 0 radical (unpaired) electrons. The molecule has 4 nitrogen and oxygen atoms in total. The van der Waals surface area contributed by atoms with Gasteiger partial charge in [0.15, 0.2) is 0 Å². The average Bonchev–Trinajstić information content (AvgIpc) is 2.61. The lowest BCUT2D eigenvalue weighted by Gasteiger charge is -2.28. The van der Waals surface area contributed by atoms with E-state index in [0.29, 0.717) is 0 Å². The second-order valence-corrected chi connectivity index (χ2v) is 5.82. The molecule has 1 heterocycles. The number of hydrogen-bond donors (Lipinski definition) is 0. The molecule has 118 valence electrons. The molecule has 0 bridgehead atoms.